The van der Waals surface area contributed by atoms with Gasteiger partial charge in [-0.15, -0.1) is 11.3 Å². The molecule has 2 aromatic heterocycles. The molecule has 0 N–H and O–H groups in total. The van der Waals surface area contributed by atoms with Gasteiger partial charge in [0.25, 0.3) is 0 Å². The Morgan fingerprint density at radius 1 is 0.645 bits per heavy atom. The molecule has 2 heterocycles. The van der Waals surface area contributed by atoms with Crippen LogP contribution in [0.25, 0.3) is 64.3 Å². The van der Waals surface area contributed by atoms with E-state index in [9.17, 15) is 0 Å². The summed E-state index contributed by atoms with van der Waals surface area (Å²) in [5.74, 6) is 0. The minimum atomic E-state index is 0.909. The third kappa shape index (κ3) is 2.52. The van der Waals surface area contributed by atoms with Crippen molar-refractivity contribution in [2.45, 2.75) is 0 Å². The van der Waals surface area contributed by atoms with Gasteiger partial charge in [0, 0.05) is 31.6 Å². The Hall–Kier alpha value is -3.21. The molecule has 0 aliphatic rings. The van der Waals surface area contributed by atoms with Crippen LogP contribution in [0, 0.1) is 0 Å². The number of hydrogen-bond acceptors (Lipinski definition) is 3. The molecule has 2 nitrogen and oxygen atoms in total. The molecule has 146 valence electrons. The van der Waals surface area contributed by atoms with E-state index in [-0.39, 0.29) is 0 Å². The van der Waals surface area contributed by atoms with Gasteiger partial charge in [0.1, 0.15) is 16.2 Å². The zero-order chi connectivity index (χ0) is 20.5. The monoisotopic (exact) mass is 479 g/mol. The van der Waals surface area contributed by atoms with Crippen LogP contribution in [0.3, 0.4) is 0 Å². The van der Waals surface area contributed by atoms with Gasteiger partial charge in [-0.3, -0.25) is 0 Å². The molecular formula is C27H14BrNOS. The molecule has 5 aromatic carbocycles. The van der Waals surface area contributed by atoms with Crippen LogP contribution < -0.4 is 0 Å². The number of fused-ring (bicyclic) bond motifs is 9. The number of hydrogen-bond donors (Lipinski definition) is 0. The summed E-state index contributed by atoms with van der Waals surface area (Å²) in [5, 5.41) is 8.23. The topological polar surface area (TPSA) is 26.0 Å². The Morgan fingerprint density at radius 3 is 2.32 bits per heavy atom. The van der Waals surface area contributed by atoms with E-state index in [4.69, 9.17) is 9.40 Å². The highest BCUT2D eigenvalue weighted by Crippen LogP contribution is 2.42. The normalized spacial score (nSPS) is 12.0. The standard InChI is InChI=1S/C27H14BrNOS/c28-16-10-11-19-21(14-16)17-5-1-2-7-20(17)26-25(19)29-27(31-26)15-9-12-24-22(13-15)18-6-3-4-8-23(18)30-24/h1-14H. The average molecular weight is 480 g/mol. The molecular weight excluding hydrogens is 466 g/mol. The SMILES string of the molecule is Brc1ccc2c(c1)c1ccccc1c1sc(-c3ccc4oc5ccccc5c4c3)nc21. The van der Waals surface area contributed by atoms with Crippen molar-refractivity contribution in [1.29, 1.82) is 0 Å². The number of aromatic nitrogens is 1. The van der Waals surface area contributed by atoms with Crippen molar-refractivity contribution in [3.05, 3.63) is 89.4 Å². The van der Waals surface area contributed by atoms with Crippen molar-refractivity contribution in [2.75, 3.05) is 0 Å². The first-order chi connectivity index (χ1) is 15.3. The van der Waals surface area contributed by atoms with Gasteiger partial charge in [-0.1, -0.05) is 64.5 Å². The largest absolute Gasteiger partial charge is 0.456 e. The molecule has 7 rings (SSSR count). The molecule has 31 heavy (non-hydrogen) atoms. The van der Waals surface area contributed by atoms with Gasteiger partial charge in [0.2, 0.25) is 0 Å². The number of furan rings is 1. The average Bonchev–Trinajstić information content (AvgIpc) is 3.41. The zero-order valence-corrected chi connectivity index (χ0v) is 18.6. The van der Waals surface area contributed by atoms with E-state index in [0.717, 1.165) is 42.5 Å². The van der Waals surface area contributed by atoms with E-state index in [1.54, 1.807) is 11.3 Å². The summed E-state index contributed by atoms with van der Waals surface area (Å²) < 4.78 is 8.32. The first-order valence-electron chi connectivity index (χ1n) is 10.1. The highest BCUT2D eigenvalue weighted by Gasteiger charge is 2.16. The minimum absolute atomic E-state index is 0.909. The van der Waals surface area contributed by atoms with Crippen LogP contribution in [0.2, 0.25) is 0 Å². The van der Waals surface area contributed by atoms with E-state index in [2.05, 4.69) is 88.7 Å². The molecule has 0 aliphatic carbocycles. The quantitative estimate of drug-likeness (QED) is 0.219. The molecule has 0 amide bonds. The van der Waals surface area contributed by atoms with Crippen LogP contribution in [0.1, 0.15) is 0 Å². The Bertz CT molecular complexity index is 1810. The van der Waals surface area contributed by atoms with Gasteiger partial charge in [-0.05, 0) is 47.2 Å². The first kappa shape index (κ1) is 17.5. The first-order valence-corrected chi connectivity index (χ1v) is 11.7. The third-order valence-corrected chi connectivity index (χ3v) is 7.58. The highest BCUT2D eigenvalue weighted by molar-refractivity contribution is 9.10. The summed E-state index contributed by atoms with van der Waals surface area (Å²) >= 11 is 5.40. The van der Waals surface area contributed by atoms with Crippen molar-refractivity contribution in [3.8, 4) is 10.6 Å². The second-order valence-corrected chi connectivity index (χ2v) is 9.66. The summed E-state index contributed by atoms with van der Waals surface area (Å²) in [6, 6.07) is 29.6. The summed E-state index contributed by atoms with van der Waals surface area (Å²) in [7, 11) is 0. The summed E-state index contributed by atoms with van der Waals surface area (Å²) in [6.07, 6.45) is 0. The zero-order valence-electron chi connectivity index (χ0n) is 16.2. The summed E-state index contributed by atoms with van der Waals surface area (Å²) in [6.45, 7) is 0. The smallest absolute Gasteiger partial charge is 0.135 e. The van der Waals surface area contributed by atoms with Crippen LogP contribution in [-0.2, 0) is 0 Å². The van der Waals surface area contributed by atoms with E-state index in [1.165, 1.54) is 26.2 Å². The number of benzene rings is 5. The third-order valence-electron chi connectivity index (χ3n) is 5.95. The molecule has 0 aliphatic heterocycles. The molecule has 7 aromatic rings. The predicted octanol–water partition coefficient (Wildman–Crippen LogP) is 8.93. The van der Waals surface area contributed by atoms with Crippen LogP contribution in [0.4, 0.5) is 0 Å². The lowest BCUT2D eigenvalue weighted by Gasteiger charge is -2.06. The van der Waals surface area contributed by atoms with Crippen LogP contribution in [0.15, 0.2) is 93.8 Å². The Kier molecular flexibility index (Phi) is 3.60. The van der Waals surface area contributed by atoms with Gasteiger partial charge in [0.15, 0.2) is 0 Å². The fourth-order valence-corrected chi connectivity index (χ4v) is 6.01. The Morgan fingerprint density at radius 2 is 1.42 bits per heavy atom. The molecule has 0 radical (unpaired) electrons. The van der Waals surface area contributed by atoms with Crippen molar-refractivity contribution in [2.24, 2.45) is 0 Å². The van der Waals surface area contributed by atoms with E-state index >= 15 is 0 Å². The lowest BCUT2D eigenvalue weighted by atomic mass is 10.0. The summed E-state index contributed by atoms with van der Waals surface area (Å²) in [4.78, 5) is 5.13. The fraction of sp³-hybridized carbons (Fsp3) is 0. The maximum Gasteiger partial charge on any atom is 0.135 e. The van der Waals surface area contributed by atoms with Crippen molar-refractivity contribution < 1.29 is 4.42 Å². The molecule has 0 atom stereocenters. The van der Waals surface area contributed by atoms with Crippen molar-refractivity contribution in [3.63, 3.8) is 0 Å². The minimum Gasteiger partial charge on any atom is -0.456 e. The maximum atomic E-state index is 6.01. The lowest BCUT2D eigenvalue weighted by Crippen LogP contribution is -1.81. The van der Waals surface area contributed by atoms with Gasteiger partial charge in [-0.2, -0.15) is 0 Å². The predicted molar refractivity (Wildman–Crippen MR) is 135 cm³/mol. The van der Waals surface area contributed by atoms with Crippen LogP contribution in [0.5, 0.6) is 0 Å². The molecule has 0 bridgehead atoms. The number of nitrogens with zero attached hydrogens (tertiary/aromatic N) is 1. The van der Waals surface area contributed by atoms with Gasteiger partial charge < -0.3 is 4.42 Å². The Labute approximate surface area is 189 Å². The van der Waals surface area contributed by atoms with E-state index in [0.29, 0.717) is 0 Å². The molecule has 0 spiro atoms. The molecule has 0 saturated heterocycles. The maximum absolute atomic E-state index is 6.01. The van der Waals surface area contributed by atoms with Crippen LogP contribution >= 0.6 is 27.3 Å². The molecule has 0 unspecified atom stereocenters. The van der Waals surface area contributed by atoms with Crippen molar-refractivity contribution in [1.82, 2.24) is 4.98 Å². The second kappa shape index (κ2) is 6.39. The number of halogens is 1. The van der Waals surface area contributed by atoms with Gasteiger partial charge >= 0.3 is 0 Å². The summed E-state index contributed by atoms with van der Waals surface area (Å²) in [5.41, 5.74) is 4.02. The van der Waals surface area contributed by atoms with E-state index in [1.807, 2.05) is 12.1 Å². The second-order valence-electron chi connectivity index (χ2n) is 7.74. The molecule has 0 saturated carbocycles. The van der Waals surface area contributed by atoms with Gasteiger partial charge in [-0.25, -0.2) is 4.98 Å². The van der Waals surface area contributed by atoms with Gasteiger partial charge in [0.05, 0.1) is 10.2 Å². The number of para-hydroxylation sites is 1. The fourth-order valence-electron chi connectivity index (χ4n) is 4.53. The Balaban J connectivity index is 1.56. The highest BCUT2D eigenvalue weighted by atomic mass is 79.9. The number of thiazole rings is 1. The molecule has 0 fully saturated rings. The van der Waals surface area contributed by atoms with Crippen LogP contribution in [-0.4, -0.2) is 4.98 Å². The van der Waals surface area contributed by atoms with Crippen molar-refractivity contribution >= 4 is 81.0 Å². The molecule has 4 heteroatoms. The van der Waals surface area contributed by atoms with E-state index < -0.39 is 0 Å². The number of rotatable bonds is 1. The lowest BCUT2D eigenvalue weighted by molar-refractivity contribution is 0.669.